The number of hydrogen-bond acceptors (Lipinski definition) is 4. The van der Waals surface area contributed by atoms with Crippen LogP contribution in [0.15, 0.2) is 42.7 Å². The highest BCUT2D eigenvalue weighted by molar-refractivity contribution is 6.00. The number of aromatic nitrogens is 2. The van der Waals surface area contributed by atoms with Crippen molar-refractivity contribution in [1.82, 2.24) is 9.97 Å². The lowest BCUT2D eigenvalue weighted by Crippen LogP contribution is -2.20. The molecule has 0 spiro atoms. The van der Waals surface area contributed by atoms with E-state index in [0.29, 0.717) is 29.7 Å². The molecule has 0 aliphatic carbocycles. The zero-order valence-corrected chi connectivity index (χ0v) is 13.8. The molecule has 0 saturated carbocycles. The summed E-state index contributed by atoms with van der Waals surface area (Å²) in [5.41, 5.74) is 3.91. The van der Waals surface area contributed by atoms with Gasteiger partial charge in [-0.05, 0) is 41.8 Å². The third-order valence-corrected chi connectivity index (χ3v) is 4.52. The van der Waals surface area contributed by atoms with E-state index in [9.17, 15) is 9.18 Å². The van der Waals surface area contributed by atoms with Gasteiger partial charge in [-0.2, -0.15) is 0 Å². The standard InChI is InChI=1S/C19H17FN4O/c1-24-17-5-2-12(8-13(17)9-18(24)25)6-7-21-19-15-10-14(20)3-4-16(15)22-11-23-19/h2-5,8,10-11H,6-7,9H2,1H3,(H,21,22,23). The molecule has 1 aliphatic rings. The summed E-state index contributed by atoms with van der Waals surface area (Å²) >= 11 is 0. The molecule has 25 heavy (non-hydrogen) atoms. The summed E-state index contributed by atoms with van der Waals surface area (Å²) in [6.45, 7) is 0.658. The fourth-order valence-corrected chi connectivity index (χ4v) is 3.17. The molecule has 0 atom stereocenters. The topological polar surface area (TPSA) is 58.1 Å². The monoisotopic (exact) mass is 336 g/mol. The van der Waals surface area contributed by atoms with Crippen molar-refractivity contribution >= 4 is 28.3 Å². The predicted octanol–water partition coefficient (Wildman–Crippen LogP) is 2.94. The molecule has 0 bridgehead atoms. The van der Waals surface area contributed by atoms with Crippen LogP contribution >= 0.6 is 0 Å². The van der Waals surface area contributed by atoms with Crippen molar-refractivity contribution in [3.8, 4) is 0 Å². The average molecular weight is 336 g/mol. The number of anilines is 2. The van der Waals surface area contributed by atoms with Crippen molar-refractivity contribution in [1.29, 1.82) is 0 Å². The van der Waals surface area contributed by atoms with Crippen LogP contribution in [0.1, 0.15) is 11.1 Å². The van der Waals surface area contributed by atoms with Gasteiger partial charge in [-0.3, -0.25) is 4.79 Å². The van der Waals surface area contributed by atoms with E-state index in [1.165, 1.54) is 18.5 Å². The minimum absolute atomic E-state index is 0.125. The third-order valence-electron chi connectivity index (χ3n) is 4.52. The van der Waals surface area contributed by atoms with E-state index in [-0.39, 0.29) is 11.7 Å². The number of halogens is 1. The minimum Gasteiger partial charge on any atom is -0.369 e. The maximum absolute atomic E-state index is 13.5. The Morgan fingerprint density at radius 2 is 2.08 bits per heavy atom. The Balaban J connectivity index is 1.48. The zero-order valence-electron chi connectivity index (χ0n) is 13.8. The minimum atomic E-state index is -0.308. The van der Waals surface area contributed by atoms with Gasteiger partial charge in [0.1, 0.15) is 18.0 Å². The van der Waals surface area contributed by atoms with Crippen LogP contribution in [0.3, 0.4) is 0 Å². The fraction of sp³-hybridized carbons (Fsp3) is 0.211. The second-order valence-corrected chi connectivity index (χ2v) is 6.15. The first-order chi connectivity index (χ1) is 12.1. The summed E-state index contributed by atoms with van der Waals surface area (Å²) in [4.78, 5) is 21.8. The summed E-state index contributed by atoms with van der Waals surface area (Å²) in [5, 5.41) is 3.92. The number of benzene rings is 2. The van der Waals surface area contributed by atoms with E-state index < -0.39 is 0 Å². The SMILES string of the molecule is CN1C(=O)Cc2cc(CCNc3ncnc4ccc(F)cc34)ccc21. The molecule has 0 fully saturated rings. The Kier molecular flexibility index (Phi) is 3.80. The number of amides is 1. The maximum Gasteiger partial charge on any atom is 0.231 e. The summed E-state index contributed by atoms with van der Waals surface area (Å²) in [5.74, 6) is 0.443. The zero-order chi connectivity index (χ0) is 17.4. The van der Waals surface area contributed by atoms with Crippen LogP contribution in [0, 0.1) is 5.82 Å². The molecular weight excluding hydrogens is 319 g/mol. The van der Waals surface area contributed by atoms with Crippen molar-refractivity contribution in [3.63, 3.8) is 0 Å². The molecule has 6 heteroatoms. The second-order valence-electron chi connectivity index (χ2n) is 6.15. The van der Waals surface area contributed by atoms with E-state index in [2.05, 4.69) is 21.4 Å². The lowest BCUT2D eigenvalue weighted by Gasteiger charge is -2.11. The molecule has 1 aliphatic heterocycles. The first-order valence-corrected chi connectivity index (χ1v) is 8.14. The smallest absolute Gasteiger partial charge is 0.231 e. The van der Waals surface area contributed by atoms with Crippen LogP contribution in [0.4, 0.5) is 15.9 Å². The van der Waals surface area contributed by atoms with Crippen LogP contribution < -0.4 is 10.2 Å². The highest BCUT2D eigenvalue weighted by Gasteiger charge is 2.23. The second kappa shape index (κ2) is 6.12. The molecular formula is C19H17FN4O. The van der Waals surface area contributed by atoms with Crippen molar-refractivity contribution in [2.45, 2.75) is 12.8 Å². The largest absolute Gasteiger partial charge is 0.369 e. The van der Waals surface area contributed by atoms with Gasteiger partial charge in [0.2, 0.25) is 5.91 Å². The molecule has 0 radical (unpaired) electrons. The Hall–Kier alpha value is -3.02. The first kappa shape index (κ1) is 15.5. The van der Waals surface area contributed by atoms with Crippen molar-refractivity contribution in [3.05, 3.63) is 59.7 Å². The Labute approximate surface area is 144 Å². The number of carbonyl (C=O) groups is 1. The molecule has 3 aromatic rings. The van der Waals surface area contributed by atoms with Crippen LogP contribution in [0.5, 0.6) is 0 Å². The molecule has 5 nitrogen and oxygen atoms in total. The van der Waals surface area contributed by atoms with Gasteiger partial charge in [-0.25, -0.2) is 14.4 Å². The van der Waals surface area contributed by atoms with E-state index in [4.69, 9.17) is 0 Å². The van der Waals surface area contributed by atoms with Crippen LogP contribution in [-0.4, -0.2) is 29.5 Å². The van der Waals surface area contributed by atoms with Gasteiger partial charge in [-0.1, -0.05) is 12.1 Å². The molecule has 0 unspecified atom stereocenters. The van der Waals surface area contributed by atoms with Crippen LogP contribution in [0.25, 0.3) is 10.9 Å². The van der Waals surface area contributed by atoms with Gasteiger partial charge in [0, 0.05) is 24.7 Å². The predicted molar refractivity (Wildman–Crippen MR) is 95.2 cm³/mol. The number of carbonyl (C=O) groups excluding carboxylic acids is 1. The van der Waals surface area contributed by atoms with Crippen molar-refractivity contribution in [2.24, 2.45) is 0 Å². The number of hydrogen-bond donors (Lipinski definition) is 1. The van der Waals surface area contributed by atoms with Gasteiger partial charge in [0.15, 0.2) is 0 Å². The maximum atomic E-state index is 13.5. The molecule has 2 heterocycles. The molecule has 126 valence electrons. The molecule has 2 aromatic carbocycles. The Morgan fingerprint density at radius 3 is 2.96 bits per heavy atom. The highest BCUT2D eigenvalue weighted by Crippen LogP contribution is 2.28. The summed E-state index contributed by atoms with van der Waals surface area (Å²) in [6.07, 6.45) is 2.72. The van der Waals surface area contributed by atoms with Gasteiger partial charge in [-0.15, -0.1) is 0 Å². The van der Waals surface area contributed by atoms with Crippen molar-refractivity contribution < 1.29 is 9.18 Å². The van der Waals surface area contributed by atoms with Gasteiger partial charge < -0.3 is 10.2 Å². The summed E-state index contributed by atoms with van der Waals surface area (Å²) in [6, 6.07) is 10.6. The summed E-state index contributed by atoms with van der Waals surface area (Å²) < 4.78 is 13.5. The van der Waals surface area contributed by atoms with E-state index in [0.717, 1.165) is 23.2 Å². The van der Waals surface area contributed by atoms with Gasteiger partial charge >= 0.3 is 0 Å². The van der Waals surface area contributed by atoms with E-state index in [1.807, 2.05) is 12.1 Å². The molecule has 1 N–H and O–H groups in total. The lowest BCUT2D eigenvalue weighted by molar-refractivity contribution is -0.117. The first-order valence-electron chi connectivity index (χ1n) is 8.14. The van der Waals surface area contributed by atoms with Crippen molar-refractivity contribution in [2.75, 3.05) is 23.8 Å². The Bertz CT molecular complexity index is 973. The van der Waals surface area contributed by atoms with E-state index in [1.54, 1.807) is 18.0 Å². The molecule has 0 saturated heterocycles. The Morgan fingerprint density at radius 1 is 1.20 bits per heavy atom. The number of rotatable bonds is 4. The average Bonchev–Trinajstić information content (AvgIpc) is 2.89. The molecule has 1 aromatic heterocycles. The quantitative estimate of drug-likeness (QED) is 0.796. The number of likely N-dealkylation sites (N-methyl/N-ethyl adjacent to an activating group) is 1. The van der Waals surface area contributed by atoms with Gasteiger partial charge in [0.25, 0.3) is 0 Å². The normalized spacial score (nSPS) is 13.4. The lowest BCUT2D eigenvalue weighted by atomic mass is 10.1. The number of fused-ring (bicyclic) bond motifs is 2. The van der Waals surface area contributed by atoms with Crippen LogP contribution in [-0.2, 0) is 17.6 Å². The van der Waals surface area contributed by atoms with Gasteiger partial charge in [0.05, 0.1) is 11.9 Å². The fourth-order valence-electron chi connectivity index (χ4n) is 3.17. The third kappa shape index (κ3) is 2.91. The number of nitrogens with zero attached hydrogens (tertiary/aromatic N) is 3. The molecule has 4 rings (SSSR count). The van der Waals surface area contributed by atoms with E-state index >= 15 is 0 Å². The van der Waals surface area contributed by atoms with Crippen LogP contribution in [0.2, 0.25) is 0 Å². The highest BCUT2D eigenvalue weighted by atomic mass is 19.1. The number of nitrogens with one attached hydrogen (secondary N) is 1. The molecule has 1 amide bonds. The summed E-state index contributed by atoms with van der Waals surface area (Å²) in [7, 11) is 1.80.